The second-order valence-electron chi connectivity index (χ2n) is 11.2. The van der Waals surface area contributed by atoms with Crippen molar-refractivity contribution in [3.63, 3.8) is 0 Å². The molecule has 3 fully saturated rings. The number of ketones is 1. The highest BCUT2D eigenvalue weighted by Crippen LogP contribution is 2.56. The summed E-state index contributed by atoms with van der Waals surface area (Å²) in [6.45, 7) is 2.44. The third-order valence-electron chi connectivity index (χ3n) is 9.01. The maximum absolute atomic E-state index is 13.3. The number of anilines is 1. The molecule has 1 aliphatic heterocycles. The monoisotopic (exact) mass is 529 g/mol. The van der Waals surface area contributed by atoms with Gasteiger partial charge < -0.3 is 16.0 Å². The second-order valence-corrected chi connectivity index (χ2v) is 11.2. The summed E-state index contributed by atoms with van der Waals surface area (Å²) >= 11 is 0. The van der Waals surface area contributed by atoms with Gasteiger partial charge in [0.25, 0.3) is 17.6 Å². The molecule has 7 rings (SSSR count). The lowest BCUT2D eigenvalue weighted by Crippen LogP contribution is -2.49. The van der Waals surface area contributed by atoms with Gasteiger partial charge in [-0.2, -0.15) is 14.6 Å². The first-order valence-electron chi connectivity index (χ1n) is 13.5. The number of nitrogens with one attached hydrogen (secondary N) is 3. The molecule has 3 aromatic rings. The van der Waals surface area contributed by atoms with Crippen molar-refractivity contribution in [2.45, 2.75) is 64.8 Å². The molecular weight excluding hydrogens is 498 g/mol. The van der Waals surface area contributed by atoms with E-state index in [1.807, 2.05) is 18.2 Å². The number of rotatable bonds is 7. The standard InChI is InChI=1S/C28H31N7O4/c1-17(36)28-9-6-27(7-10-28,8-11-28)15-30-25(39)22-13-21(34-26-31-16-32-35(22)26)24(38)29-14-18-2-3-19-4-5-23(37)33-20(19)12-18/h2-3,12-13,16H,4-11,14-15H2,1H3,(H,29,38)(H,30,39)(H,33,37). The number of benzene rings is 1. The molecule has 0 saturated heterocycles. The lowest BCUT2D eigenvalue weighted by molar-refractivity contribution is -0.135. The smallest absolute Gasteiger partial charge is 0.270 e. The Morgan fingerprint density at radius 2 is 1.77 bits per heavy atom. The van der Waals surface area contributed by atoms with Gasteiger partial charge in [-0.15, -0.1) is 0 Å². The van der Waals surface area contributed by atoms with Crippen LogP contribution < -0.4 is 16.0 Å². The van der Waals surface area contributed by atoms with Crippen LogP contribution in [0.1, 0.15) is 84.0 Å². The molecule has 2 aromatic heterocycles. The average Bonchev–Trinajstić information content (AvgIpc) is 3.44. The van der Waals surface area contributed by atoms with Gasteiger partial charge in [0.05, 0.1) is 0 Å². The predicted octanol–water partition coefficient (Wildman–Crippen LogP) is 2.60. The van der Waals surface area contributed by atoms with Gasteiger partial charge in [0.2, 0.25) is 5.91 Å². The van der Waals surface area contributed by atoms with Crippen molar-refractivity contribution in [1.82, 2.24) is 30.2 Å². The largest absolute Gasteiger partial charge is 0.350 e. The molecule has 202 valence electrons. The van der Waals surface area contributed by atoms with Crippen molar-refractivity contribution in [3.8, 4) is 0 Å². The molecule has 0 atom stereocenters. The third kappa shape index (κ3) is 4.66. The molecule has 4 aliphatic rings. The van der Waals surface area contributed by atoms with Crippen LogP contribution in [0.15, 0.2) is 30.6 Å². The summed E-state index contributed by atoms with van der Waals surface area (Å²) < 4.78 is 1.33. The number of carbonyl (C=O) groups is 4. The summed E-state index contributed by atoms with van der Waals surface area (Å²) in [7, 11) is 0. The van der Waals surface area contributed by atoms with Gasteiger partial charge >= 0.3 is 0 Å². The molecular formula is C28H31N7O4. The van der Waals surface area contributed by atoms with E-state index in [0.717, 1.165) is 55.3 Å². The summed E-state index contributed by atoms with van der Waals surface area (Å²) in [4.78, 5) is 58.6. The Morgan fingerprint density at radius 1 is 1.00 bits per heavy atom. The lowest BCUT2D eigenvalue weighted by Gasteiger charge is -2.52. The molecule has 11 nitrogen and oxygen atoms in total. The zero-order valence-electron chi connectivity index (χ0n) is 21.9. The Bertz CT molecular complexity index is 1490. The van der Waals surface area contributed by atoms with Gasteiger partial charge in [-0.1, -0.05) is 12.1 Å². The minimum Gasteiger partial charge on any atom is -0.350 e. The lowest BCUT2D eigenvalue weighted by atomic mass is 9.52. The van der Waals surface area contributed by atoms with Crippen molar-refractivity contribution < 1.29 is 19.2 Å². The molecule has 3 aliphatic carbocycles. The fourth-order valence-corrected chi connectivity index (χ4v) is 6.31. The number of nitrogens with zero attached hydrogens (tertiary/aromatic N) is 4. The molecule has 3 saturated carbocycles. The van der Waals surface area contributed by atoms with E-state index in [0.29, 0.717) is 19.4 Å². The SMILES string of the molecule is CC(=O)C12CCC(CNC(=O)c3cc(C(=O)NCc4ccc5c(c4)NC(=O)CC5)nc4ncnn34)(CC1)CC2. The fourth-order valence-electron chi connectivity index (χ4n) is 6.31. The van der Waals surface area contributed by atoms with Gasteiger partial charge in [-0.25, -0.2) is 4.98 Å². The minimum absolute atomic E-state index is 0.00404. The second kappa shape index (κ2) is 9.55. The molecule has 2 bridgehead atoms. The van der Waals surface area contributed by atoms with Crippen molar-refractivity contribution in [2.24, 2.45) is 10.8 Å². The number of carbonyl (C=O) groups excluding carboxylic acids is 4. The Labute approximate surface area is 225 Å². The van der Waals surface area contributed by atoms with Crippen LogP contribution >= 0.6 is 0 Å². The number of amides is 3. The number of Topliss-reactive ketones (excluding diaryl/α,β-unsaturated/α-hetero) is 1. The zero-order chi connectivity index (χ0) is 27.2. The Balaban J connectivity index is 1.14. The van der Waals surface area contributed by atoms with Crippen molar-refractivity contribution in [1.29, 1.82) is 0 Å². The molecule has 39 heavy (non-hydrogen) atoms. The van der Waals surface area contributed by atoms with Crippen LogP contribution in [0, 0.1) is 10.8 Å². The van der Waals surface area contributed by atoms with Crippen LogP contribution in [-0.2, 0) is 22.6 Å². The molecule has 1 aromatic carbocycles. The van der Waals surface area contributed by atoms with Crippen molar-refractivity contribution in [3.05, 3.63) is 53.1 Å². The number of aryl methyl sites for hydroxylation is 1. The molecule has 0 unspecified atom stereocenters. The maximum atomic E-state index is 13.3. The summed E-state index contributed by atoms with van der Waals surface area (Å²) in [5.41, 5.74) is 2.74. The predicted molar refractivity (Wildman–Crippen MR) is 141 cm³/mol. The highest BCUT2D eigenvalue weighted by Gasteiger charge is 2.50. The highest BCUT2D eigenvalue weighted by atomic mass is 16.2. The quantitative estimate of drug-likeness (QED) is 0.426. The van der Waals surface area contributed by atoms with Gasteiger partial charge in [0, 0.05) is 36.7 Å². The molecule has 0 spiro atoms. The maximum Gasteiger partial charge on any atom is 0.270 e. The van der Waals surface area contributed by atoms with E-state index >= 15 is 0 Å². The van der Waals surface area contributed by atoms with Crippen LogP contribution in [-0.4, -0.2) is 49.6 Å². The van der Waals surface area contributed by atoms with Crippen LogP contribution in [0.25, 0.3) is 5.78 Å². The number of hydrogen-bond donors (Lipinski definition) is 3. The molecule has 3 heterocycles. The molecule has 0 radical (unpaired) electrons. The van der Waals surface area contributed by atoms with Crippen molar-refractivity contribution in [2.75, 3.05) is 11.9 Å². The summed E-state index contributed by atoms with van der Waals surface area (Å²) in [5, 5.41) is 12.9. The number of aromatic nitrogens is 4. The van der Waals surface area contributed by atoms with Crippen LogP contribution in [0.5, 0.6) is 0 Å². The Hall–Kier alpha value is -4.15. The van der Waals surface area contributed by atoms with E-state index in [2.05, 4.69) is 31.0 Å². The van der Waals surface area contributed by atoms with E-state index in [9.17, 15) is 19.2 Å². The van der Waals surface area contributed by atoms with E-state index in [4.69, 9.17) is 0 Å². The highest BCUT2D eigenvalue weighted by molar-refractivity contribution is 5.98. The first-order valence-corrected chi connectivity index (χ1v) is 13.5. The Kier molecular flexibility index (Phi) is 6.16. The summed E-state index contributed by atoms with van der Waals surface area (Å²) in [6.07, 6.45) is 7.85. The van der Waals surface area contributed by atoms with Crippen LogP contribution in [0.2, 0.25) is 0 Å². The topological polar surface area (TPSA) is 147 Å². The van der Waals surface area contributed by atoms with Crippen molar-refractivity contribution >= 4 is 35.0 Å². The van der Waals surface area contributed by atoms with E-state index in [1.54, 1.807) is 6.92 Å². The Morgan fingerprint density at radius 3 is 2.51 bits per heavy atom. The van der Waals surface area contributed by atoms with E-state index in [1.165, 1.54) is 16.9 Å². The first-order chi connectivity index (χ1) is 18.8. The van der Waals surface area contributed by atoms with Crippen LogP contribution in [0.3, 0.4) is 0 Å². The summed E-state index contributed by atoms with van der Waals surface area (Å²) in [6, 6.07) is 7.16. The third-order valence-corrected chi connectivity index (χ3v) is 9.01. The molecule has 3 amide bonds. The fraction of sp³-hybridized carbons (Fsp3) is 0.464. The van der Waals surface area contributed by atoms with E-state index in [-0.39, 0.29) is 52.1 Å². The molecule has 3 N–H and O–H groups in total. The zero-order valence-corrected chi connectivity index (χ0v) is 21.9. The normalized spacial score (nSPS) is 23.7. The molecule has 11 heteroatoms. The summed E-state index contributed by atoms with van der Waals surface area (Å²) in [5.74, 6) is -0.375. The minimum atomic E-state index is -0.449. The number of hydrogen-bond acceptors (Lipinski definition) is 7. The van der Waals surface area contributed by atoms with Gasteiger partial charge in [0.1, 0.15) is 23.5 Å². The van der Waals surface area contributed by atoms with Crippen LogP contribution in [0.4, 0.5) is 5.69 Å². The van der Waals surface area contributed by atoms with Gasteiger partial charge in [-0.3, -0.25) is 19.2 Å². The first kappa shape index (κ1) is 25.1. The average molecular weight is 530 g/mol. The van der Waals surface area contributed by atoms with Gasteiger partial charge in [-0.05, 0) is 74.5 Å². The number of fused-ring (bicyclic) bond motifs is 5. The van der Waals surface area contributed by atoms with E-state index < -0.39 is 5.91 Å². The van der Waals surface area contributed by atoms with Gasteiger partial charge in [0.15, 0.2) is 0 Å².